The zero-order chi connectivity index (χ0) is 10.7. The quantitative estimate of drug-likeness (QED) is 0.715. The van der Waals surface area contributed by atoms with E-state index in [1.807, 2.05) is 0 Å². The van der Waals surface area contributed by atoms with E-state index in [0.717, 1.165) is 0 Å². The standard InChI is InChI=1S/C9H11N5O/c10-3-8(15)7-1-2-9(12-4-7)14-6-11-5-13-14/h1-2,4-6,8,15H,3,10H2/t8-/m0/s1. The lowest BCUT2D eigenvalue weighted by molar-refractivity contribution is 0.186. The maximum atomic E-state index is 9.45. The fourth-order valence-electron chi connectivity index (χ4n) is 1.19. The van der Waals surface area contributed by atoms with E-state index in [1.54, 1.807) is 29.3 Å². The molecule has 0 amide bonds. The van der Waals surface area contributed by atoms with E-state index < -0.39 is 6.10 Å². The van der Waals surface area contributed by atoms with Gasteiger partial charge in [-0.05, 0) is 6.07 Å². The van der Waals surface area contributed by atoms with Crippen LogP contribution in [0.3, 0.4) is 0 Å². The highest BCUT2D eigenvalue weighted by Gasteiger charge is 2.05. The molecule has 78 valence electrons. The Morgan fingerprint density at radius 3 is 2.87 bits per heavy atom. The number of rotatable bonds is 3. The Balaban J connectivity index is 2.25. The summed E-state index contributed by atoms with van der Waals surface area (Å²) in [6.45, 7) is 0.185. The number of aliphatic hydroxyl groups is 1. The molecule has 6 heteroatoms. The molecule has 2 aromatic rings. The van der Waals surface area contributed by atoms with Crippen LogP contribution in [0.4, 0.5) is 0 Å². The predicted octanol–water partition coefficient (Wildman–Crippen LogP) is -0.346. The second-order valence-corrected chi connectivity index (χ2v) is 3.04. The first-order valence-corrected chi connectivity index (χ1v) is 4.50. The largest absolute Gasteiger partial charge is 0.387 e. The predicted molar refractivity (Wildman–Crippen MR) is 53.2 cm³/mol. The van der Waals surface area contributed by atoms with Gasteiger partial charge in [-0.3, -0.25) is 0 Å². The zero-order valence-corrected chi connectivity index (χ0v) is 7.98. The van der Waals surface area contributed by atoms with Gasteiger partial charge in [0.05, 0.1) is 6.10 Å². The second kappa shape index (κ2) is 4.16. The van der Waals surface area contributed by atoms with E-state index in [-0.39, 0.29) is 6.54 Å². The van der Waals surface area contributed by atoms with Gasteiger partial charge >= 0.3 is 0 Å². The van der Waals surface area contributed by atoms with Gasteiger partial charge < -0.3 is 10.8 Å². The van der Waals surface area contributed by atoms with Gasteiger partial charge in [-0.2, -0.15) is 5.10 Å². The van der Waals surface area contributed by atoms with E-state index in [1.165, 1.54) is 6.33 Å². The minimum absolute atomic E-state index is 0.185. The molecule has 0 aliphatic carbocycles. The first-order valence-electron chi connectivity index (χ1n) is 4.50. The molecule has 2 heterocycles. The Hall–Kier alpha value is -1.79. The summed E-state index contributed by atoms with van der Waals surface area (Å²) in [5, 5.41) is 13.4. The third kappa shape index (κ3) is 2.00. The molecule has 0 unspecified atom stereocenters. The van der Waals surface area contributed by atoms with E-state index in [9.17, 15) is 5.11 Å². The van der Waals surface area contributed by atoms with Crippen LogP contribution in [0.25, 0.3) is 5.82 Å². The summed E-state index contributed by atoms with van der Waals surface area (Å²) in [7, 11) is 0. The zero-order valence-electron chi connectivity index (χ0n) is 7.98. The van der Waals surface area contributed by atoms with Crippen LogP contribution >= 0.6 is 0 Å². The smallest absolute Gasteiger partial charge is 0.155 e. The van der Waals surface area contributed by atoms with Crippen molar-refractivity contribution in [1.29, 1.82) is 0 Å². The van der Waals surface area contributed by atoms with Crippen molar-refractivity contribution in [2.45, 2.75) is 6.10 Å². The number of pyridine rings is 1. The summed E-state index contributed by atoms with van der Waals surface area (Å²) < 4.78 is 1.54. The Labute approximate surface area is 86.4 Å². The van der Waals surface area contributed by atoms with E-state index in [0.29, 0.717) is 11.4 Å². The lowest BCUT2D eigenvalue weighted by atomic mass is 10.2. The average molecular weight is 205 g/mol. The number of aliphatic hydroxyl groups excluding tert-OH is 1. The Morgan fingerprint density at radius 2 is 2.33 bits per heavy atom. The van der Waals surface area contributed by atoms with Gasteiger partial charge in [0, 0.05) is 18.3 Å². The molecule has 0 aliphatic heterocycles. The fourth-order valence-corrected chi connectivity index (χ4v) is 1.19. The number of nitrogens with zero attached hydrogens (tertiary/aromatic N) is 4. The first kappa shape index (κ1) is 9.75. The van der Waals surface area contributed by atoms with Gasteiger partial charge in [0.15, 0.2) is 5.82 Å². The summed E-state index contributed by atoms with van der Waals surface area (Å²) in [4.78, 5) is 7.95. The molecule has 0 bridgehead atoms. The molecule has 0 saturated carbocycles. The molecular formula is C9H11N5O. The highest BCUT2D eigenvalue weighted by molar-refractivity contribution is 5.25. The Bertz CT molecular complexity index is 411. The highest BCUT2D eigenvalue weighted by Crippen LogP contribution is 2.11. The lowest BCUT2D eigenvalue weighted by Crippen LogP contribution is -2.12. The van der Waals surface area contributed by atoms with Gasteiger partial charge in [0.2, 0.25) is 0 Å². The van der Waals surface area contributed by atoms with Crippen LogP contribution in [-0.2, 0) is 0 Å². The maximum absolute atomic E-state index is 9.45. The molecule has 0 aromatic carbocycles. The van der Waals surface area contributed by atoms with Gasteiger partial charge in [0.1, 0.15) is 12.7 Å². The molecule has 0 fully saturated rings. The second-order valence-electron chi connectivity index (χ2n) is 3.04. The molecule has 15 heavy (non-hydrogen) atoms. The van der Waals surface area contributed by atoms with Crippen LogP contribution in [0.15, 0.2) is 31.0 Å². The molecule has 0 radical (unpaired) electrons. The van der Waals surface area contributed by atoms with Gasteiger partial charge in [-0.1, -0.05) is 6.07 Å². The summed E-state index contributed by atoms with van der Waals surface area (Å²) >= 11 is 0. The Morgan fingerprint density at radius 1 is 1.47 bits per heavy atom. The summed E-state index contributed by atoms with van der Waals surface area (Å²) in [6.07, 6.45) is 3.91. The number of hydrogen-bond donors (Lipinski definition) is 2. The summed E-state index contributed by atoms with van der Waals surface area (Å²) in [6, 6.07) is 3.52. The number of hydrogen-bond acceptors (Lipinski definition) is 5. The van der Waals surface area contributed by atoms with E-state index >= 15 is 0 Å². The minimum atomic E-state index is -0.665. The van der Waals surface area contributed by atoms with Crippen molar-refractivity contribution < 1.29 is 5.11 Å². The van der Waals surface area contributed by atoms with Crippen LogP contribution < -0.4 is 5.73 Å². The highest BCUT2D eigenvalue weighted by atomic mass is 16.3. The first-order chi connectivity index (χ1) is 7.31. The normalized spacial score (nSPS) is 12.7. The average Bonchev–Trinajstić information content (AvgIpc) is 2.82. The molecule has 3 N–H and O–H groups in total. The van der Waals surface area contributed by atoms with Crippen LogP contribution in [0.2, 0.25) is 0 Å². The van der Waals surface area contributed by atoms with Crippen molar-refractivity contribution in [3.63, 3.8) is 0 Å². The van der Waals surface area contributed by atoms with Crippen LogP contribution in [0.5, 0.6) is 0 Å². The number of nitrogens with two attached hydrogens (primary N) is 1. The Kier molecular flexibility index (Phi) is 2.70. The van der Waals surface area contributed by atoms with E-state index in [4.69, 9.17) is 5.73 Å². The van der Waals surface area contributed by atoms with Crippen molar-refractivity contribution in [3.05, 3.63) is 36.5 Å². The van der Waals surface area contributed by atoms with Crippen molar-refractivity contribution in [3.8, 4) is 5.82 Å². The topological polar surface area (TPSA) is 89.8 Å². The molecule has 0 spiro atoms. The molecule has 0 aliphatic rings. The van der Waals surface area contributed by atoms with Crippen molar-refractivity contribution in [1.82, 2.24) is 19.7 Å². The molecule has 0 saturated heterocycles. The summed E-state index contributed by atoms with van der Waals surface area (Å²) in [5.41, 5.74) is 6.03. The van der Waals surface area contributed by atoms with Gasteiger partial charge in [-0.25, -0.2) is 14.6 Å². The monoisotopic (exact) mass is 205 g/mol. The number of aromatic nitrogens is 4. The maximum Gasteiger partial charge on any atom is 0.155 e. The van der Waals surface area contributed by atoms with Crippen molar-refractivity contribution >= 4 is 0 Å². The molecule has 1 atom stereocenters. The van der Waals surface area contributed by atoms with Crippen LogP contribution in [0.1, 0.15) is 11.7 Å². The van der Waals surface area contributed by atoms with Crippen LogP contribution in [0, 0.1) is 0 Å². The van der Waals surface area contributed by atoms with Gasteiger partial charge in [0.25, 0.3) is 0 Å². The molecule has 2 rings (SSSR count). The van der Waals surface area contributed by atoms with Crippen LogP contribution in [-0.4, -0.2) is 31.4 Å². The third-order valence-corrected chi connectivity index (χ3v) is 2.03. The van der Waals surface area contributed by atoms with Crippen molar-refractivity contribution in [2.75, 3.05) is 6.54 Å². The SMILES string of the molecule is NC[C@H](O)c1ccc(-n2cncn2)nc1. The third-order valence-electron chi connectivity index (χ3n) is 2.03. The molecule has 6 nitrogen and oxygen atoms in total. The van der Waals surface area contributed by atoms with Crippen molar-refractivity contribution in [2.24, 2.45) is 5.73 Å². The minimum Gasteiger partial charge on any atom is -0.387 e. The molecular weight excluding hydrogens is 194 g/mol. The summed E-state index contributed by atoms with van der Waals surface area (Å²) in [5.74, 6) is 0.653. The lowest BCUT2D eigenvalue weighted by Gasteiger charge is -2.07. The molecule has 2 aromatic heterocycles. The van der Waals surface area contributed by atoms with E-state index in [2.05, 4.69) is 15.1 Å². The fraction of sp³-hybridized carbons (Fsp3) is 0.222. The van der Waals surface area contributed by atoms with Gasteiger partial charge in [-0.15, -0.1) is 0 Å².